The normalized spacial score (nSPS) is 10.7. The first kappa shape index (κ1) is 21.3. The molecule has 1 heterocycles. The zero-order chi connectivity index (χ0) is 21.6. The Bertz CT molecular complexity index is 1070. The van der Waals surface area contributed by atoms with Gasteiger partial charge in [-0.2, -0.15) is 5.10 Å². The van der Waals surface area contributed by atoms with Crippen molar-refractivity contribution < 1.29 is 19.2 Å². The van der Waals surface area contributed by atoms with Crippen molar-refractivity contribution in [3.05, 3.63) is 59.9 Å². The highest BCUT2D eigenvalue weighted by molar-refractivity contribution is 5.85. The Morgan fingerprint density at radius 2 is 2.07 bits per heavy atom. The zero-order valence-corrected chi connectivity index (χ0v) is 15.9. The lowest BCUT2D eigenvalue weighted by atomic mass is 10.1. The summed E-state index contributed by atoms with van der Waals surface area (Å²) in [6.45, 7) is 3.47. The van der Waals surface area contributed by atoms with Gasteiger partial charge in [-0.05, 0) is 19.9 Å². The molecular formula is C17H19N5O7. The number of benzene rings is 1. The van der Waals surface area contributed by atoms with Crippen LogP contribution in [0.2, 0.25) is 0 Å². The van der Waals surface area contributed by atoms with Crippen LogP contribution in [0.4, 0.5) is 5.69 Å². The summed E-state index contributed by atoms with van der Waals surface area (Å²) in [7, 11) is 1.29. The van der Waals surface area contributed by atoms with Crippen molar-refractivity contribution >= 4 is 17.8 Å². The van der Waals surface area contributed by atoms with E-state index >= 15 is 0 Å². The molecule has 0 fully saturated rings. The number of carbonyl (C=O) groups is 1. The number of methoxy groups -OCH3 is 1. The third-order valence-electron chi connectivity index (χ3n) is 3.75. The van der Waals surface area contributed by atoms with Gasteiger partial charge < -0.3 is 14.5 Å². The number of rotatable bonds is 8. The summed E-state index contributed by atoms with van der Waals surface area (Å²) in [4.78, 5) is 50.0. The number of aromatic nitrogens is 2. The number of nitrogens with one attached hydrogen (secondary N) is 3. The Morgan fingerprint density at radius 1 is 1.34 bits per heavy atom. The number of aromatic amines is 2. The molecule has 0 spiro atoms. The summed E-state index contributed by atoms with van der Waals surface area (Å²) in [5, 5.41) is 15.0. The van der Waals surface area contributed by atoms with Crippen LogP contribution in [0, 0.1) is 17.0 Å². The third kappa shape index (κ3) is 5.28. The van der Waals surface area contributed by atoms with Crippen LogP contribution in [-0.4, -0.2) is 40.7 Å². The average Bonchev–Trinajstić information content (AvgIpc) is 2.64. The van der Waals surface area contributed by atoms with Crippen molar-refractivity contribution in [2.45, 2.75) is 20.3 Å². The molecule has 0 saturated carbocycles. The Kier molecular flexibility index (Phi) is 6.85. The van der Waals surface area contributed by atoms with Crippen molar-refractivity contribution in [2.24, 2.45) is 5.10 Å². The van der Waals surface area contributed by atoms with Crippen molar-refractivity contribution in [3.63, 3.8) is 0 Å². The molecule has 29 heavy (non-hydrogen) atoms. The standard InChI is InChI=1S/C17H19N5O7/c1-4-29-13-6-10(5-12(22(26)27)15(13)28-3)8-18-21-14(23)7-11-9(2)19-17(25)20-16(11)24/h5-6,8H,4,7H2,1-3H3,(H,21,23)(H2,19,20,24,25)/b18-8-. The minimum absolute atomic E-state index is 0.0224. The van der Waals surface area contributed by atoms with E-state index in [0.717, 1.165) is 0 Å². The van der Waals surface area contributed by atoms with Crippen LogP contribution in [0.15, 0.2) is 26.8 Å². The predicted molar refractivity (Wildman–Crippen MR) is 103 cm³/mol. The van der Waals surface area contributed by atoms with Crippen LogP contribution >= 0.6 is 0 Å². The van der Waals surface area contributed by atoms with Gasteiger partial charge in [0.15, 0.2) is 5.75 Å². The summed E-state index contributed by atoms with van der Waals surface area (Å²) < 4.78 is 10.4. The van der Waals surface area contributed by atoms with Gasteiger partial charge in [0, 0.05) is 22.9 Å². The van der Waals surface area contributed by atoms with E-state index in [1.54, 1.807) is 6.92 Å². The monoisotopic (exact) mass is 405 g/mol. The molecule has 1 aromatic carbocycles. The van der Waals surface area contributed by atoms with Gasteiger partial charge >= 0.3 is 11.4 Å². The molecule has 2 aromatic rings. The lowest BCUT2D eigenvalue weighted by molar-refractivity contribution is -0.385. The Labute approximate surface area is 163 Å². The lowest BCUT2D eigenvalue weighted by Gasteiger charge is -2.10. The molecule has 1 amide bonds. The second-order valence-electron chi connectivity index (χ2n) is 5.74. The van der Waals surface area contributed by atoms with Gasteiger partial charge in [0.05, 0.1) is 31.3 Å². The highest BCUT2D eigenvalue weighted by Crippen LogP contribution is 2.37. The fraction of sp³-hybridized carbons (Fsp3) is 0.294. The summed E-state index contributed by atoms with van der Waals surface area (Å²) in [6.07, 6.45) is 0.874. The van der Waals surface area contributed by atoms with Gasteiger partial charge in [-0.3, -0.25) is 24.7 Å². The first-order chi connectivity index (χ1) is 13.8. The Morgan fingerprint density at radius 3 is 2.66 bits per heavy atom. The molecule has 154 valence electrons. The van der Waals surface area contributed by atoms with Crippen LogP contribution in [0.5, 0.6) is 11.5 Å². The molecule has 0 aliphatic rings. The molecule has 2 rings (SSSR count). The molecule has 0 aliphatic carbocycles. The predicted octanol–water partition coefficient (Wildman–Crippen LogP) is 0.380. The summed E-state index contributed by atoms with van der Waals surface area (Å²) in [5.41, 5.74) is 1.22. The van der Waals surface area contributed by atoms with Crippen molar-refractivity contribution in [3.8, 4) is 11.5 Å². The van der Waals surface area contributed by atoms with Gasteiger partial charge in [0.25, 0.3) is 5.56 Å². The van der Waals surface area contributed by atoms with Gasteiger partial charge in [0.2, 0.25) is 11.7 Å². The molecule has 0 atom stereocenters. The highest BCUT2D eigenvalue weighted by Gasteiger charge is 2.21. The zero-order valence-electron chi connectivity index (χ0n) is 15.9. The average molecular weight is 405 g/mol. The van der Waals surface area contributed by atoms with E-state index in [1.807, 2.05) is 4.98 Å². The molecule has 0 aliphatic heterocycles. The molecule has 0 radical (unpaired) electrons. The quantitative estimate of drug-likeness (QED) is 0.324. The number of aryl methyl sites for hydroxylation is 1. The fourth-order valence-electron chi connectivity index (χ4n) is 2.50. The number of nitro benzene ring substituents is 1. The Balaban J connectivity index is 2.19. The number of nitrogens with zero attached hydrogens (tertiary/aromatic N) is 2. The molecular weight excluding hydrogens is 386 g/mol. The second kappa shape index (κ2) is 9.30. The fourth-order valence-corrected chi connectivity index (χ4v) is 2.50. The van der Waals surface area contributed by atoms with E-state index in [4.69, 9.17) is 9.47 Å². The minimum Gasteiger partial charge on any atom is -0.490 e. The van der Waals surface area contributed by atoms with E-state index in [1.165, 1.54) is 32.4 Å². The molecule has 12 heteroatoms. The van der Waals surface area contributed by atoms with Gasteiger partial charge in [0.1, 0.15) is 0 Å². The largest absolute Gasteiger partial charge is 0.490 e. The van der Waals surface area contributed by atoms with E-state index in [0.29, 0.717) is 5.56 Å². The summed E-state index contributed by atoms with van der Waals surface area (Å²) in [5.74, 6) is -0.479. The van der Waals surface area contributed by atoms with E-state index in [2.05, 4.69) is 15.5 Å². The SMILES string of the molecule is CCOc1cc(/C=N\NC(=O)Cc2c(C)[nH]c(=O)[nH]c2=O)cc([N+](=O)[O-])c1OC. The van der Waals surface area contributed by atoms with E-state index in [-0.39, 0.29) is 41.5 Å². The number of hydrazone groups is 1. The highest BCUT2D eigenvalue weighted by atomic mass is 16.6. The molecule has 0 unspecified atom stereocenters. The lowest BCUT2D eigenvalue weighted by Crippen LogP contribution is -2.30. The molecule has 0 bridgehead atoms. The van der Waals surface area contributed by atoms with Gasteiger partial charge in [-0.15, -0.1) is 0 Å². The maximum absolute atomic E-state index is 12.0. The first-order valence-corrected chi connectivity index (χ1v) is 8.40. The smallest absolute Gasteiger partial charge is 0.325 e. The summed E-state index contributed by atoms with van der Waals surface area (Å²) in [6, 6.07) is 2.69. The third-order valence-corrected chi connectivity index (χ3v) is 3.75. The maximum atomic E-state index is 12.0. The van der Waals surface area contributed by atoms with Crippen LogP contribution in [-0.2, 0) is 11.2 Å². The molecule has 12 nitrogen and oxygen atoms in total. The second-order valence-corrected chi connectivity index (χ2v) is 5.74. The first-order valence-electron chi connectivity index (χ1n) is 8.40. The van der Waals surface area contributed by atoms with Crippen molar-refractivity contribution in [1.29, 1.82) is 0 Å². The maximum Gasteiger partial charge on any atom is 0.325 e. The number of hydrogen-bond acceptors (Lipinski definition) is 8. The summed E-state index contributed by atoms with van der Waals surface area (Å²) >= 11 is 0. The number of H-pyrrole nitrogens is 2. The van der Waals surface area contributed by atoms with Gasteiger partial charge in [-0.1, -0.05) is 0 Å². The van der Waals surface area contributed by atoms with Crippen LogP contribution in [0.1, 0.15) is 23.7 Å². The molecule has 0 saturated heterocycles. The number of ether oxygens (including phenoxy) is 2. The number of amides is 1. The topological polar surface area (TPSA) is 169 Å². The van der Waals surface area contributed by atoms with Crippen LogP contribution < -0.4 is 26.1 Å². The molecule has 3 N–H and O–H groups in total. The number of carbonyl (C=O) groups excluding carboxylic acids is 1. The Hall–Kier alpha value is -3.96. The minimum atomic E-state index is -0.669. The van der Waals surface area contributed by atoms with Gasteiger partial charge in [-0.25, -0.2) is 10.2 Å². The van der Waals surface area contributed by atoms with Crippen molar-refractivity contribution in [1.82, 2.24) is 15.4 Å². The molecule has 1 aromatic heterocycles. The van der Waals surface area contributed by atoms with Crippen LogP contribution in [0.3, 0.4) is 0 Å². The van der Waals surface area contributed by atoms with E-state index < -0.39 is 22.1 Å². The van der Waals surface area contributed by atoms with Crippen LogP contribution in [0.25, 0.3) is 0 Å². The number of hydrogen-bond donors (Lipinski definition) is 3. The number of nitro groups is 1. The van der Waals surface area contributed by atoms with Crippen molar-refractivity contribution in [2.75, 3.05) is 13.7 Å². The van der Waals surface area contributed by atoms with E-state index in [9.17, 15) is 24.5 Å².